The number of unbranched alkanes of at least 4 members (excludes halogenated alkanes) is 1. The SMILES string of the molecule is CCNC(=NCC(O)c1ccc(OC(F)F)cc1)NCCCCn1ccccc1=O.I. The van der Waals surface area contributed by atoms with Crippen molar-refractivity contribution in [1.82, 2.24) is 15.2 Å². The van der Waals surface area contributed by atoms with Crippen LogP contribution in [0.5, 0.6) is 5.75 Å². The monoisotopic (exact) mass is 550 g/mol. The van der Waals surface area contributed by atoms with Gasteiger partial charge in [-0.3, -0.25) is 9.79 Å². The summed E-state index contributed by atoms with van der Waals surface area (Å²) in [7, 11) is 0. The van der Waals surface area contributed by atoms with Crippen LogP contribution in [0.2, 0.25) is 0 Å². The van der Waals surface area contributed by atoms with Crippen LogP contribution >= 0.6 is 24.0 Å². The number of alkyl halides is 2. The molecule has 7 nitrogen and oxygen atoms in total. The number of hydrogen-bond donors (Lipinski definition) is 3. The van der Waals surface area contributed by atoms with Gasteiger partial charge in [0.25, 0.3) is 0 Å². The third-order valence-corrected chi connectivity index (χ3v) is 4.27. The average Bonchev–Trinajstić information content (AvgIpc) is 2.72. The second-order valence-corrected chi connectivity index (χ2v) is 6.55. The largest absolute Gasteiger partial charge is 0.435 e. The molecule has 1 aromatic heterocycles. The highest BCUT2D eigenvalue weighted by atomic mass is 127. The number of guanidine groups is 1. The summed E-state index contributed by atoms with van der Waals surface area (Å²) in [5, 5.41) is 16.6. The van der Waals surface area contributed by atoms with E-state index in [9.17, 15) is 18.7 Å². The van der Waals surface area contributed by atoms with Crippen molar-refractivity contribution in [3.8, 4) is 5.75 Å². The first-order valence-corrected chi connectivity index (χ1v) is 9.90. The molecule has 0 aliphatic heterocycles. The van der Waals surface area contributed by atoms with Crippen LogP contribution in [0.1, 0.15) is 31.4 Å². The lowest BCUT2D eigenvalue weighted by Gasteiger charge is -2.14. The lowest BCUT2D eigenvalue weighted by Crippen LogP contribution is -2.38. The number of benzene rings is 1. The van der Waals surface area contributed by atoms with E-state index in [0.717, 1.165) is 12.8 Å². The van der Waals surface area contributed by atoms with Crippen molar-refractivity contribution in [2.75, 3.05) is 19.6 Å². The molecule has 0 aliphatic rings. The van der Waals surface area contributed by atoms with Crippen molar-refractivity contribution in [2.45, 2.75) is 39.0 Å². The van der Waals surface area contributed by atoms with Crippen molar-refractivity contribution in [3.63, 3.8) is 0 Å². The number of aryl methyl sites for hydroxylation is 1. The summed E-state index contributed by atoms with van der Waals surface area (Å²) in [6, 6.07) is 10.9. The van der Waals surface area contributed by atoms with Gasteiger partial charge in [-0.05, 0) is 43.5 Å². The zero-order chi connectivity index (χ0) is 21.8. The Balaban J connectivity index is 0.00000480. The fraction of sp³-hybridized carbons (Fsp3) is 0.429. The van der Waals surface area contributed by atoms with Gasteiger partial charge in [0.1, 0.15) is 5.75 Å². The predicted octanol–water partition coefficient (Wildman–Crippen LogP) is 3.14. The summed E-state index contributed by atoms with van der Waals surface area (Å²) in [6.07, 6.45) is 2.59. The number of nitrogens with one attached hydrogen (secondary N) is 2. The molecular formula is C21H29F2IN4O3. The summed E-state index contributed by atoms with van der Waals surface area (Å²) in [5.41, 5.74) is 0.549. The van der Waals surface area contributed by atoms with Crippen molar-refractivity contribution in [2.24, 2.45) is 4.99 Å². The Morgan fingerprint density at radius 3 is 2.55 bits per heavy atom. The predicted molar refractivity (Wildman–Crippen MR) is 127 cm³/mol. The van der Waals surface area contributed by atoms with Crippen molar-refractivity contribution in [3.05, 3.63) is 64.6 Å². The van der Waals surface area contributed by atoms with E-state index in [0.29, 0.717) is 31.2 Å². The van der Waals surface area contributed by atoms with E-state index in [4.69, 9.17) is 0 Å². The zero-order valence-corrected chi connectivity index (χ0v) is 19.7. The van der Waals surface area contributed by atoms with Gasteiger partial charge in [0.15, 0.2) is 5.96 Å². The van der Waals surface area contributed by atoms with Gasteiger partial charge < -0.3 is 25.0 Å². The maximum atomic E-state index is 12.2. The molecule has 1 atom stereocenters. The van der Waals surface area contributed by atoms with Gasteiger partial charge in [-0.15, -0.1) is 24.0 Å². The van der Waals surface area contributed by atoms with Crippen LogP contribution in [-0.2, 0) is 6.54 Å². The number of aliphatic hydroxyl groups excluding tert-OH is 1. The number of aromatic nitrogens is 1. The van der Waals surface area contributed by atoms with Gasteiger partial charge in [0.2, 0.25) is 5.56 Å². The van der Waals surface area contributed by atoms with Crippen LogP contribution in [0.25, 0.3) is 0 Å². The first kappa shape index (κ1) is 26.8. The molecule has 10 heteroatoms. The highest BCUT2D eigenvalue weighted by Gasteiger charge is 2.09. The number of ether oxygens (including phenoxy) is 1. The maximum Gasteiger partial charge on any atom is 0.387 e. The van der Waals surface area contributed by atoms with Crippen LogP contribution in [0.3, 0.4) is 0 Å². The molecule has 0 saturated carbocycles. The molecular weight excluding hydrogens is 521 g/mol. The number of aliphatic imine (C=N–C) groups is 1. The van der Waals surface area contributed by atoms with Gasteiger partial charge >= 0.3 is 6.61 Å². The van der Waals surface area contributed by atoms with E-state index >= 15 is 0 Å². The minimum absolute atomic E-state index is 0. The highest BCUT2D eigenvalue weighted by Crippen LogP contribution is 2.19. The van der Waals surface area contributed by atoms with E-state index in [-0.39, 0.29) is 41.8 Å². The molecule has 0 radical (unpaired) electrons. The smallest absolute Gasteiger partial charge is 0.387 e. The van der Waals surface area contributed by atoms with Gasteiger partial charge in [0.05, 0.1) is 12.6 Å². The summed E-state index contributed by atoms with van der Waals surface area (Å²) in [5.74, 6) is 0.614. The maximum absolute atomic E-state index is 12.2. The minimum atomic E-state index is -2.88. The van der Waals surface area contributed by atoms with Crippen LogP contribution < -0.4 is 20.9 Å². The Hall–Kier alpha value is -2.21. The van der Waals surface area contributed by atoms with E-state index in [1.165, 1.54) is 24.3 Å². The number of pyridine rings is 1. The molecule has 2 aromatic rings. The molecule has 172 valence electrons. The fourth-order valence-corrected chi connectivity index (χ4v) is 2.76. The van der Waals surface area contributed by atoms with Crippen LogP contribution in [0, 0.1) is 0 Å². The number of hydrogen-bond acceptors (Lipinski definition) is 4. The van der Waals surface area contributed by atoms with Crippen molar-refractivity contribution >= 4 is 29.9 Å². The molecule has 0 spiro atoms. The third-order valence-electron chi connectivity index (χ3n) is 4.27. The molecule has 1 heterocycles. The van der Waals surface area contributed by atoms with Crippen molar-refractivity contribution < 1.29 is 18.6 Å². The first-order valence-electron chi connectivity index (χ1n) is 9.90. The van der Waals surface area contributed by atoms with Gasteiger partial charge in [0, 0.05) is 31.9 Å². The Morgan fingerprint density at radius 1 is 1.16 bits per heavy atom. The molecule has 0 aliphatic carbocycles. The zero-order valence-electron chi connectivity index (χ0n) is 17.3. The molecule has 2 rings (SSSR count). The number of rotatable bonds is 11. The standard InChI is InChI=1S/C21H28F2N4O3.HI/c1-2-24-21(25-12-4-6-14-27-13-5-3-7-19(27)29)26-15-18(28)16-8-10-17(11-9-16)30-20(22)23;/h3,5,7-11,13,18,20,28H,2,4,6,12,14-15H2,1H3,(H2,24,25,26);1H. The second-order valence-electron chi connectivity index (χ2n) is 6.55. The molecule has 0 fully saturated rings. The lowest BCUT2D eigenvalue weighted by atomic mass is 10.1. The van der Waals surface area contributed by atoms with Gasteiger partial charge in [-0.25, -0.2) is 0 Å². The Morgan fingerprint density at radius 2 is 1.90 bits per heavy atom. The highest BCUT2D eigenvalue weighted by molar-refractivity contribution is 14.0. The van der Waals surface area contributed by atoms with E-state index < -0.39 is 12.7 Å². The summed E-state index contributed by atoms with van der Waals surface area (Å²) in [4.78, 5) is 16.0. The van der Waals surface area contributed by atoms with E-state index in [1.807, 2.05) is 13.0 Å². The Kier molecular flexibility index (Phi) is 12.8. The van der Waals surface area contributed by atoms with Crippen LogP contribution in [-0.4, -0.2) is 41.9 Å². The molecule has 3 N–H and O–H groups in total. The fourth-order valence-electron chi connectivity index (χ4n) is 2.76. The summed E-state index contributed by atoms with van der Waals surface area (Å²) < 4.78 is 30.4. The number of nitrogens with zero attached hydrogens (tertiary/aromatic N) is 2. The Labute approximate surface area is 197 Å². The molecule has 0 saturated heterocycles. The molecule has 31 heavy (non-hydrogen) atoms. The summed E-state index contributed by atoms with van der Waals surface area (Å²) in [6.45, 7) is 1.16. The first-order chi connectivity index (χ1) is 14.5. The third kappa shape index (κ3) is 10.1. The van der Waals surface area contributed by atoms with Crippen LogP contribution in [0.15, 0.2) is 58.4 Å². The molecule has 0 amide bonds. The number of aliphatic hydroxyl groups is 1. The van der Waals surface area contributed by atoms with Crippen molar-refractivity contribution in [1.29, 1.82) is 0 Å². The average molecular weight is 550 g/mol. The normalized spacial score (nSPS) is 12.2. The second kappa shape index (κ2) is 14.7. The van der Waals surface area contributed by atoms with Crippen LogP contribution in [0.4, 0.5) is 8.78 Å². The minimum Gasteiger partial charge on any atom is -0.435 e. The summed E-state index contributed by atoms with van der Waals surface area (Å²) >= 11 is 0. The molecule has 1 unspecified atom stereocenters. The van der Waals surface area contributed by atoms with E-state index in [1.54, 1.807) is 22.9 Å². The van der Waals surface area contributed by atoms with Gasteiger partial charge in [-0.1, -0.05) is 18.2 Å². The van der Waals surface area contributed by atoms with E-state index in [2.05, 4.69) is 20.4 Å². The number of halogens is 3. The topological polar surface area (TPSA) is 87.9 Å². The quantitative estimate of drug-likeness (QED) is 0.173. The molecule has 0 bridgehead atoms. The lowest BCUT2D eigenvalue weighted by molar-refractivity contribution is -0.0498. The Bertz CT molecular complexity index is 847. The molecule has 1 aromatic carbocycles. The van der Waals surface area contributed by atoms with Gasteiger partial charge in [-0.2, -0.15) is 8.78 Å².